The van der Waals surface area contributed by atoms with Gasteiger partial charge < -0.3 is 10.4 Å². The molecule has 15 heavy (non-hydrogen) atoms. The quantitative estimate of drug-likeness (QED) is 0.783. The topological polar surface area (TPSA) is 67.2 Å². The molecule has 1 rings (SSSR count). The number of rotatable bonds is 5. The maximum atomic E-state index is 11.6. The molecule has 0 unspecified atom stereocenters. The number of nitrogens with one attached hydrogen (secondary N) is 1. The minimum atomic E-state index is -0.383. The lowest BCUT2D eigenvalue weighted by atomic mass is 10.4. The highest BCUT2D eigenvalue weighted by Crippen LogP contribution is 2.14. The second-order valence-electron chi connectivity index (χ2n) is 3.05. The predicted molar refractivity (Wildman–Crippen MR) is 59.4 cm³/mol. The number of aliphatic hydroxyl groups excluding tert-OH is 1. The average Bonchev–Trinajstić information content (AvgIpc) is 2.24. The lowest BCUT2D eigenvalue weighted by Gasteiger charge is -2.08. The summed E-state index contributed by atoms with van der Waals surface area (Å²) < 4.78 is 1.14. The van der Waals surface area contributed by atoms with E-state index in [0.29, 0.717) is 5.69 Å². The van der Waals surface area contributed by atoms with Crippen molar-refractivity contribution in [2.24, 2.45) is 0 Å². The fourth-order valence-corrected chi connectivity index (χ4v) is 1.32. The summed E-state index contributed by atoms with van der Waals surface area (Å²) in [4.78, 5) is 11.6. The largest absolute Gasteiger partial charge is 0.394 e. The molecule has 0 amide bonds. The minimum Gasteiger partial charge on any atom is -0.394 e. The second kappa shape index (κ2) is 5.72. The first-order chi connectivity index (χ1) is 7.20. The first kappa shape index (κ1) is 12.0. The van der Waals surface area contributed by atoms with E-state index in [2.05, 4.69) is 10.4 Å². The van der Waals surface area contributed by atoms with Gasteiger partial charge in [-0.2, -0.15) is 5.10 Å². The van der Waals surface area contributed by atoms with Crippen molar-refractivity contribution < 1.29 is 5.11 Å². The zero-order chi connectivity index (χ0) is 11.3. The molecule has 1 aromatic rings. The normalized spacial score (nSPS) is 10.3. The molecule has 0 fully saturated rings. The Morgan fingerprint density at radius 1 is 1.67 bits per heavy atom. The summed E-state index contributed by atoms with van der Waals surface area (Å²) in [5.74, 6) is 0. The number of aliphatic hydroxyl groups is 1. The predicted octanol–water partition coefficient (Wildman–Crippen LogP) is 0.711. The molecule has 0 spiro atoms. The minimum absolute atomic E-state index is 0.118. The van der Waals surface area contributed by atoms with Gasteiger partial charge in [0.15, 0.2) is 0 Å². The number of anilines is 1. The summed E-state index contributed by atoms with van der Waals surface area (Å²) in [6, 6.07) is 0. The van der Waals surface area contributed by atoms with Gasteiger partial charge in [-0.05, 0) is 6.42 Å². The molecule has 0 radical (unpaired) electrons. The first-order valence-electron chi connectivity index (χ1n) is 4.81. The second-order valence-corrected chi connectivity index (χ2v) is 3.43. The van der Waals surface area contributed by atoms with Crippen LogP contribution in [0.3, 0.4) is 0 Å². The van der Waals surface area contributed by atoms with E-state index in [0.717, 1.165) is 17.6 Å². The molecule has 5 nitrogen and oxygen atoms in total. The zero-order valence-electron chi connectivity index (χ0n) is 8.53. The maximum Gasteiger partial charge on any atom is 0.287 e. The van der Waals surface area contributed by atoms with E-state index in [1.165, 1.54) is 6.20 Å². The highest BCUT2D eigenvalue weighted by Gasteiger charge is 2.07. The molecule has 0 bridgehead atoms. The van der Waals surface area contributed by atoms with Crippen LogP contribution in [0.15, 0.2) is 11.0 Å². The van der Waals surface area contributed by atoms with E-state index < -0.39 is 0 Å². The molecule has 2 N–H and O–H groups in total. The van der Waals surface area contributed by atoms with Crippen LogP contribution in [0.5, 0.6) is 0 Å². The molecule has 0 aliphatic carbocycles. The van der Waals surface area contributed by atoms with Crippen LogP contribution in [0.25, 0.3) is 0 Å². The molecular weight excluding hydrogens is 218 g/mol. The lowest BCUT2D eigenvalue weighted by Crippen LogP contribution is -2.25. The molecule has 0 saturated heterocycles. The van der Waals surface area contributed by atoms with Crippen molar-refractivity contribution in [3.63, 3.8) is 0 Å². The van der Waals surface area contributed by atoms with Crippen molar-refractivity contribution in [2.75, 3.05) is 18.5 Å². The Morgan fingerprint density at radius 3 is 3.00 bits per heavy atom. The Morgan fingerprint density at radius 2 is 2.40 bits per heavy atom. The number of aromatic nitrogens is 2. The van der Waals surface area contributed by atoms with Gasteiger partial charge in [0.25, 0.3) is 5.56 Å². The van der Waals surface area contributed by atoms with E-state index in [1.807, 2.05) is 6.92 Å². The number of hydrogen-bond acceptors (Lipinski definition) is 4. The number of halogens is 1. The van der Waals surface area contributed by atoms with Gasteiger partial charge in [-0.1, -0.05) is 18.5 Å². The van der Waals surface area contributed by atoms with Crippen LogP contribution in [0.2, 0.25) is 5.02 Å². The van der Waals surface area contributed by atoms with Gasteiger partial charge in [0.1, 0.15) is 5.02 Å². The first-order valence-corrected chi connectivity index (χ1v) is 5.18. The summed E-state index contributed by atoms with van der Waals surface area (Å²) in [7, 11) is 0. The molecule has 0 aliphatic rings. The summed E-state index contributed by atoms with van der Waals surface area (Å²) >= 11 is 5.85. The summed E-state index contributed by atoms with van der Waals surface area (Å²) in [6.07, 6.45) is 2.44. The van der Waals surface area contributed by atoms with Crippen LogP contribution in [-0.2, 0) is 6.54 Å². The van der Waals surface area contributed by atoms with Crippen LogP contribution in [0, 0.1) is 0 Å². The number of nitrogens with zero attached hydrogens (tertiary/aromatic N) is 2. The third-order valence-electron chi connectivity index (χ3n) is 1.86. The smallest absolute Gasteiger partial charge is 0.287 e. The molecule has 0 aliphatic heterocycles. The van der Waals surface area contributed by atoms with Gasteiger partial charge in [-0.3, -0.25) is 4.79 Å². The highest BCUT2D eigenvalue weighted by atomic mass is 35.5. The Labute approximate surface area is 92.7 Å². The van der Waals surface area contributed by atoms with Crippen LogP contribution in [0.4, 0.5) is 5.69 Å². The van der Waals surface area contributed by atoms with Gasteiger partial charge >= 0.3 is 0 Å². The van der Waals surface area contributed by atoms with E-state index in [1.54, 1.807) is 0 Å². The van der Waals surface area contributed by atoms with Crippen LogP contribution < -0.4 is 10.9 Å². The molecule has 6 heteroatoms. The lowest BCUT2D eigenvalue weighted by molar-refractivity contribution is 0.266. The Hall–Kier alpha value is -1.07. The molecule has 1 aromatic heterocycles. The molecule has 84 valence electrons. The van der Waals surface area contributed by atoms with Crippen LogP contribution in [0.1, 0.15) is 13.3 Å². The van der Waals surface area contributed by atoms with E-state index in [9.17, 15) is 4.79 Å². The molecular formula is C9H14ClN3O2. The standard InChI is InChI=1S/C9H14ClN3O2/c1-2-3-11-7-6-12-13(4-5-14)9(15)8(7)10/h6,11,14H,2-5H2,1H3. The Kier molecular flexibility index (Phi) is 4.58. The summed E-state index contributed by atoms with van der Waals surface area (Å²) in [6.45, 7) is 2.78. The van der Waals surface area contributed by atoms with E-state index in [-0.39, 0.29) is 23.7 Å². The van der Waals surface area contributed by atoms with Gasteiger partial charge in [0, 0.05) is 6.54 Å². The summed E-state index contributed by atoms with van der Waals surface area (Å²) in [5.41, 5.74) is 0.157. The third-order valence-corrected chi connectivity index (χ3v) is 2.23. The van der Waals surface area contributed by atoms with Crippen molar-refractivity contribution in [3.05, 3.63) is 21.6 Å². The molecule has 0 aromatic carbocycles. The van der Waals surface area contributed by atoms with Gasteiger partial charge in [0.05, 0.1) is 25.0 Å². The monoisotopic (exact) mass is 231 g/mol. The van der Waals surface area contributed by atoms with E-state index in [4.69, 9.17) is 16.7 Å². The summed E-state index contributed by atoms with van der Waals surface area (Å²) in [5, 5.41) is 15.7. The molecule has 1 heterocycles. The van der Waals surface area contributed by atoms with E-state index >= 15 is 0 Å². The van der Waals surface area contributed by atoms with Crippen molar-refractivity contribution in [1.29, 1.82) is 0 Å². The number of hydrogen-bond donors (Lipinski definition) is 2. The fourth-order valence-electron chi connectivity index (χ4n) is 1.10. The zero-order valence-corrected chi connectivity index (χ0v) is 9.29. The molecule has 0 saturated carbocycles. The van der Waals surface area contributed by atoms with Crippen LogP contribution >= 0.6 is 11.6 Å². The highest BCUT2D eigenvalue weighted by molar-refractivity contribution is 6.32. The Bertz CT molecular complexity index is 378. The van der Waals surface area contributed by atoms with Crippen molar-refractivity contribution in [1.82, 2.24) is 9.78 Å². The van der Waals surface area contributed by atoms with Crippen molar-refractivity contribution in [3.8, 4) is 0 Å². The van der Waals surface area contributed by atoms with Crippen molar-refractivity contribution >= 4 is 17.3 Å². The Balaban J connectivity index is 2.94. The van der Waals surface area contributed by atoms with Crippen LogP contribution in [-0.4, -0.2) is 28.0 Å². The fraction of sp³-hybridized carbons (Fsp3) is 0.556. The third kappa shape index (κ3) is 2.94. The van der Waals surface area contributed by atoms with Gasteiger partial charge in [-0.15, -0.1) is 0 Å². The average molecular weight is 232 g/mol. The maximum absolute atomic E-state index is 11.6. The SMILES string of the molecule is CCCNc1cnn(CCO)c(=O)c1Cl. The van der Waals surface area contributed by atoms with Gasteiger partial charge in [0.2, 0.25) is 0 Å². The molecule has 0 atom stereocenters. The van der Waals surface area contributed by atoms with Gasteiger partial charge in [-0.25, -0.2) is 4.68 Å². The van der Waals surface area contributed by atoms with Crippen molar-refractivity contribution in [2.45, 2.75) is 19.9 Å².